The Hall–Kier alpha value is -1.90. The molecule has 0 amide bonds. The summed E-state index contributed by atoms with van der Waals surface area (Å²) >= 11 is 0. The molecule has 94 valence electrons. The van der Waals surface area contributed by atoms with Gasteiger partial charge in [-0.3, -0.25) is 0 Å². The van der Waals surface area contributed by atoms with Gasteiger partial charge < -0.3 is 5.73 Å². The lowest BCUT2D eigenvalue weighted by molar-refractivity contribution is 0.836. The molecule has 0 atom stereocenters. The van der Waals surface area contributed by atoms with E-state index >= 15 is 0 Å². The maximum Gasteiger partial charge on any atom is 0.131 e. The van der Waals surface area contributed by atoms with Crippen molar-refractivity contribution in [1.29, 1.82) is 0 Å². The Morgan fingerprint density at radius 2 is 1.83 bits per heavy atom. The number of hydrogen-bond acceptors (Lipinski definition) is 3. The smallest absolute Gasteiger partial charge is 0.131 e. The summed E-state index contributed by atoms with van der Waals surface area (Å²) in [6.45, 7) is 6.19. The second-order valence-electron chi connectivity index (χ2n) is 4.56. The van der Waals surface area contributed by atoms with E-state index in [0.717, 1.165) is 35.5 Å². The largest absolute Gasteiger partial charge is 0.383 e. The Bertz CT molecular complexity index is 562. The van der Waals surface area contributed by atoms with Gasteiger partial charge >= 0.3 is 0 Å². The molecule has 1 aromatic carbocycles. The topological polar surface area (TPSA) is 51.8 Å². The molecule has 2 N–H and O–H groups in total. The normalized spacial score (nSPS) is 10.6. The molecule has 1 aromatic heterocycles. The Labute approximate surface area is 108 Å². The van der Waals surface area contributed by atoms with Gasteiger partial charge in [0, 0.05) is 17.5 Å². The van der Waals surface area contributed by atoms with Crippen molar-refractivity contribution < 1.29 is 0 Å². The van der Waals surface area contributed by atoms with Gasteiger partial charge in [0.15, 0.2) is 0 Å². The zero-order valence-electron chi connectivity index (χ0n) is 11.2. The lowest BCUT2D eigenvalue weighted by atomic mass is 10.0. The van der Waals surface area contributed by atoms with E-state index in [9.17, 15) is 0 Å². The van der Waals surface area contributed by atoms with Gasteiger partial charge in [0.2, 0.25) is 0 Å². The van der Waals surface area contributed by atoms with Crippen molar-refractivity contribution in [2.24, 2.45) is 0 Å². The van der Waals surface area contributed by atoms with Crippen LogP contribution in [0.5, 0.6) is 0 Å². The molecule has 0 fully saturated rings. The van der Waals surface area contributed by atoms with Crippen molar-refractivity contribution in [2.45, 2.75) is 33.6 Å². The van der Waals surface area contributed by atoms with Crippen LogP contribution in [0.1, 0.15) is 30.3 Å². The first-order valence-electron chi connectivity index (χ1n) is 6.32. The predicted molar refractivity (Wildman–Crippen MR) is 75.3 cm³/mol. The van der Waals surface area contributed by atoms with Gasteiger partial charge in [-0.2, -0.15) is 0 Å². The van der Waals surface area contributed by atoms with Crippen molar-refractivity contribution in [3.05, 3.63) is 41.2 Å². The number of anilines is 1. The first-order chi connectivity index (χ1) is 8.63. The molecule has 1 heterocycles. The lowest BCUT2D eigenvalue weighted by Gasteiger charge is -2.11. The highest BCUT2D eigenvalue weighted by atomic mass is 15.0. The average Bonchev–Trinajstić information content (AvgIpc) is 2.35. The molecule has 0 aliphatic heterocycles. The lowest BCUT2D eigenvalue weighted by Crippen LogP contribution is -2.05. The minimum Gasteiger partial charge on any atom is -0.383 e. The Kier molecular flexibility index (Phi) is 3.60. The van der Waals surface area contributed by atoms with Gasteiger partial charge in [-0.15, -0.1) is 0 Å². The second kappa shape index (κ2) is 5.17. The van der Waals surface area contributed by atoms with Gasteiger partial charge in [0.25, 0.3) is 0 Å². The summed E-state index contributed by atoms with van der Waals surface area (Å²) in [7, 11) is 0. The van der Waals surface area contributed by atoms with E-state index in [1.54, 1.807) is 0 Å². The van der Waals surface area contributed by atoms with Gasteiger partial charge in [-0.1, -0.05) is 31.2 Å². The van der Waals surface area contributed by atoms with Crippen LogP contribution in [-0.2, 0) is 6.42 Å². The highest BCUT2D eigenvalue weighted by molar-refractivity contribution is 5.70. The number of aryl methyl sites for hydroxylation is 2. The second-order valence-corrected chi connectivity index (χ2v) is 4.56. The van der Waals surface area contributed by atoms with Crippen LogP contribution in [0.25, 0.3) is 11.3 Å². The molecule has 2 rings (SSSR count). The Balaban J connectivity index is 2.59. The van der Waals surface area contributed by atoms with Crippen LogP contribution in [-0.4, -0.2) is 9.97 Å². The summed E-state index contributed by atoms with van der Waals surface area (Å²) in [6, 6.07) is 8.23. The van der Waals surface area contributed by atoms with Gasteiger partial charge in [0.05, 0.1) is 5.69 Å². The summed E-state index contributed by atoms with van der Waals surface area (Å²) in [6.07, 6.45) is 1.89. The minimum absolute atomic E-state index is 0.590. The predicted octanol–water partition coefficient (Wildman–Crippen LogP) is 3.30. The van der Waals surface area contributed by atoms with E-state index in [4.69, 9.17) is 5.73 Å². The van der Waals surface area contributed by atoms with Crippen molar-refractivity contribution in [1.82, 2.24) is 9.97 Å². The maximum absolute atomic E-state index is 5.99. The molecule has 0 aliphatic carbocycles. The quantitative estimate of drug-likeness (QED) is 0.897. The molecule has 18 heavy (non-hydrogen) atoms. The summed E-state index contributed by atoms with van der Waals surface area (Å²) in [5.74, 6) is 1.42. The highest BCUT2D eigenvalue weighted by Crippen LogP contribution is 2.27. The molecule has 0 bridgehead atoms. The fourth-order valence-corrected chi connectivity index (χ4v) is 2.02. The van der Waals surface area contributed by atoms with Gasteiger partial charge in [-0.25, -0.2) is 9.97 Å². The number of rotatable bonds is 3. The summed E-state index contributed by atoms with van der Waals surface area (Å²) in [5.41, 5.74) is 10.3. The van der Waals surface area contributed by atoms with Crippen LogP contribution in [0.15, 0.2) is 24.3 Å². The van der Waals surface area contributed by atoms with Gasteiger partial charge in [0.1, 0.15) is 11.6 Å². The summed E-state index contributed by atoms with van der Waals surface area (Å²) in [4.78, 5) is 9.01. The van der Waals surface area contributed by atoms with E-state index in [2.05, 4.69) is 35.9 Å². The van der Waals surface area contributed by atoms with Crippen LogP contribution >= 0.6 is 0 Å². The molecule has 0 saturated heterocycles. The first kappa shape index (κ1) is 12.6. The zero-order chi connectivity index (χ0) is 13.1. The Morgan fingerprint density at radius 1 is 1.11 bits per heavy atom. The van der Waals surface area contributed by atoms with Crippen molar-refractivity contribution >= 4 is 5.82 Å². The van der Waals surface area contributed by atoms with Crippen molar-refractivity contribution in [2.75, 3.05) is 5.73 Å². The monoisotopic (exact) mass is 241 g/mol. The SMILES string of the molecule is CCCc1nc(N)c(C)c(-c2ccccc2C)n1. The standard InChI is InChI=1S/C15H19N3/c1-4-7-13-17-14(11(3)15(16)18-13)12-9-6-5-8-10(12)2/h5-6,8-9H,4,7H2,1-3H3,(H2,16,17,18). The van der Waals surface area contributed by atoms with E-state index in [1.807, 2.05) is 19.1 Å². The Morgan fingerprint density at radius 3 is 2.50 bits per heavy atom. The molecule has 0 saturated carbocycles. The van der Waals surface area contributed by atoms with Crippen molar-refractivity contribution in [3.8, 4) is 11.3 Å². The maximum atomic E-state index is 5.99. The van der Waals surface area contributed by atoms with Crippen molar-refractivity contribution in [3.63, 3.8) is 0 Å². The molecular formula is C15H19N3. The van der Waals surface area contributed by atoms with E-state index in [0.29, 0.717) is 5.82 Å². The molecule has 0 aliphatic rings. The number of aromatic nitrogens is 2. The third-order valence-electron chi connectivity index (χ3n) is 3.10. The fraction of sp³-hybridized carbons (Fsp3) is 0.333. The highest BCUT2D eigenvalue weighted by Gasteiger charge is 2.11. The number of nitrogens with two attached hydrogens (primary N) is 1. The van der Waals surface area contributed by atoms with Crippen LogP contribution in [0.2, 0.25) is 0 Å². The van der Waals surface area contributed by atoms with Crippen LogP contribution in [0.4, 0.5) is 5.82 Å². The fourth-order valence-electron chi connectivity index (χ4n) is 2.02. The third-order valence-corrected chi connectivity index (χ3v) is 3.10. The number of benzene rings is 1. The molecule has 2 aromatic rings. The minimum atomic E-state index is 0.590. The van der Waals surface area contributed by atoms with Gasteiger partial charge in [-0.05, 0) is 25.8 Å². The number of nitrogens with zero attached hydrogens (tertiary/aromatic N) is 2. The van der Waals surface area contributed by atoms with E-state index < -0.39 is 0 Å². The van der Waals surface area contributed by atoms with Crippen LogP contribution in [0.3, 0.4) is 0 Å². The zero-order valence-corrected chi connectivity index (χ0v) is 11.2. The van der Waals surface area contributed by atoms with Crippen LogP contribution in [0, 0.1) is 13.8 Å². The van der Waals surface area contributed by atoms with E-state index in [1.165, 1.54) is 5.56 Å². The number of nitrogen functional groups attached to an aromatic ring is 1. The summed E-state index contributed by atoms with van der Waals surface area (Å²) < 4.78 is 0. The third kappa shape index (κ3) is 2.35. The summed E-state index contributed by atoms with van der Waals surface area (Å²) in [5, 5.41) is 0. The molecule has 0 unspecified atom stereocenters. The molecule has 0 radical (unpaired) electrons. The van der Waals surface area contributed by atoms with E-state index in [-0.39, 0.29) is 0 Å². The van der Waals surface area contributed by atoms with Crippen LogP contribution < -0.4 is 5.73 Å². The molecular weight excluding hydrogens is 222 g/mol. The first-order valence-corrected chi connectivity index (χ1v) is 6.32. The molecule has 3 nitrogen and oxygen atoms in total. The average molecular weight is 241 g/mol. The molecule has 3 heteroatoms. The number of hydrogen-bond donors (Lipinski definition) is 1. The molecule has 0 spiro atoms.